The molecule has 0 fully saturated rings. The third kappa shape index (κ3) is 4.09. The first-order chi connectivity index (χ1) is 10.4. The molecule has 0 saturated carbocycles. The molecule has 0 aliphatic heterocycles. The lowest BCUT2D eigenvalue weighted by Crippen LogP contribution is -2.37. The number of carbonyl (C=O) groups is 1. The highest BCUT2D eigenvalue weighted by atomic mass is 16.5. The summed E-state index contributed by atoms with van der Waals surface area (Å²) < 4.78 is 5.75. The van der Waals surface area contributed by atoms with Gasteiger partial charge in [0, 0.05) is 12.2 Å². The third-order valence-electron chi connectivity index (χ3n) is 3.49. The number of aryl methyl sites for hydroxylation is 1. The average Bonchev–Trinajstić information content (AvgIpc) is 2.51. The molecule has 116 valence electrons. The summed E-state index contributed by atoms with van der Waals surface area (Å²) in [4.78, 5) is 12.1. The van der Waals surface area contributed by atoms with Crippen LogP contribution < -0.4 is 15.8 Å². The molecular weight excluding hydrogens is 276 g/mol. The van der Waals surface area contributed by atoms with Gasteiger partial charge in [-0.25, -0.2) is 0 Å². The number of ether oxygens (including phenoxy) is 1. The largest absolute Gasteiger partial charge is 0.457 e. The second-order valence-electron chi connectivity index (χ2n) is 5.98. The molecule has 0 spiro atoms. The van der Waals surface area contributed by atoms with Gasteiger partial charge in [-0.3, -0.25) is 4.79 Å². The number of hydrogen-bond acceptors (Lipinski definition) is 3. The van der Waals surface area contributed by atoms with E-state index in [1.165, 1.54) is 5.56 Å². The molecule has 2 rings (SSSR count). The maximum absolute atomic E-state index is 12.1. The van der Waals surface area contributed by atoms with Gasteiger partial charge in [-0.1, -0.05) is 17.7 Å². The van der Waals surface area contributed by atoms with Crippen LogP contribution in [0.5, 0.6) is 11.5 Å². The topological polar surface area (TPSA) is 64.3 Å². The van der Waals surface area contributed by atoms with Crippen molar-refractivity contribution in [3.63, 3.8) is 0 Å². The number of carbonyl (C=O) groups excluding carboxylic acids is 1. The number of benzene rings is 2. The molecule has 1 amide bonds. The van der Waals surface area contributed by atoms with Crippen LogP contribution in [0.1, 0.15) is 19.4 Å². The van der Waals surface area contributed by atoms with E-state index in [1.807, 2.05) is 69.3 Å². The maximum atomic E-state index is 12.1. The fourth-order valence-corrected chi connectivity index (χ4v) is 1.74. The fourth-order valence-electron chi connectivity index (χ4n) is 1.74. The molecule has 0 saturated heterocycles. The number of anilines is 1. The molecule has 4 heteroatoms. The van der Waals surface area contributed by atoms with Crippen molar-refractivity contribution in [1.29, 1.82) is 0 Å². The van der Waals surface area contributed by atoms with Crippen molar-refractivity contribution in [2.45, 2.75) is 20.8 Å². The van der Waals surface area contributed by atoms with E-state index in [1.54, 1.807) is 0 Å². The van der Waals surface area contributed by atoms with E-state index in [0.717, 1.165) is 17.2 Å². The summed E-state index contributed by atoms with van der Waals surface area (Å²) in [5.41, 5.74) is 6.93. The molecular formula is C18H22N2O2. The zero-order valence-electron chi connectivity index (χ0n) is 13.2. The molecule has 4 nitrogen and oxygen atoms in total. The van der Waals surface area contributed by atoms with Gasteiger partial charge >= 0.3 is 0 Å². The Balaban J connectivity index is 2.01. The van der Waals surface area contributed by atoms with Crippen LogP contribution in [0.15, 0.2) is 48.5 Å². The Morgan fingerprint density at radius 3 is 2.05 bits per heavy atom. The fraction of sp³-hybridized carbons (Fsp3) is 0.278. The average molecular weight is 298 g/mol. The Hall–Kier alpha value is -2.33. The minimum Gasteiger partial charge on any atom is -0.457 e. The van der Waals surface area contributed by atoms with Crippen molar-refractivity contribution in [2.24, 2.45) is 11.1 Å². The molecule has 3 N–H and O–H groups in total. The van der Waals surface area contributed by atoms with Gasteiger partial charge in [0.2, 0.25) is 5.91 Å². The van der Waals surface area contributed by atoms with E-state index >= 15 is 0 Å². The first kappa shape index (κ1) is 16.0. The summed E-state index contributed by atoms with van der Waals surface area (Å²) in [7, 11) is 0. The van der Waals surface area contributed by atoms with Crippen molar-refractivity contribution in [3.05, 3.63) is 54.1 Å². The van der Waals surface area contributed by atoms with Crippen LogP contribution >= 0.6 is 0 Å². The van der Waals surface area contributed by atoms with E-state index in [2.05, 4.69) is 5.32 Å². The maximum Gasteiger partial charge on any atom is 0.231 e. The van der Waals surface area contributed by atoms with Crippen molar-refractivity contribution >= 4 is 11.6 Å². The van der Waals surface area contributed by atoms with E-state index in [-0.39, 0.29) is 5.91 Å². The number of nitrogens with one attached hydrogen (secondary N) is 1. The summed E-state index contributed by atoms with van der Waals surface area (Å²) >= 11 is 0. The standard InChI is InChI=1S/C18H22N2O2/c1-13-4-8-15(9-5-13)22-16-10-6-14(7-11-16)20-17(21)18(2,3)12-19/h4-11H,12,19H2,1-3H3,(H,20,21). The summed E-state index contributed by atoms with van der Waals surface area (Å²) in [6.07, 6.45) is 0. The molecule has 0 heterocycles. The quantitative estimate of drug-likeness (QED) is 0.884. The smallest absolute Gasteiger partial charge is 0.231 e. The third-order valence-corrected chi connectivity index (χ3v) is 3.49. The molecule has 0 aromatic heterocycles. The minimum atomic E-state index is -0.586. The normalized spacial score (nSPS) is 11.1. The first-order valence-electron chi connectivity index (χ1n) is 7.27. The molecule has 22 heavy (non-hydrogen) atoms. The van der Waals surface area contributed by atoms with E-state index in [9.17, 15) is 4.79 Å². The van der Waals surface area contributed by atoms with E-state index in [0.29, 0.717) is 6.54 Å². The lowest BCUT2D eigenvalue weighted by molar-refractivity contribution is -0.123. The predicted octanol–water partition coefficient (Wildman–Crippen LogP) is 3.71. The van der Waals surface area contributed by atoms with Crippen LogP contribution in [-0.4, -0.2) is 12.5 Å². The summed E-state index contributed by atoms with van der Waals surface area (Å²) in [6, 6.07) is 15.1. The van der Waals surface area contributed by atoms with Crippen LogP contribution in [0.4, 0.5) is 5.69 Å². The van der Waals surface area contributed by atoms with Gasteiger partial charge in [0.1, 0.15) is 11.5 Å². The number of hydrogen-bond donors (Lipinski definition) is 2. The Morgan fingerprint density at radius 1 is 1.05 bits per heavy atom. The van der Waals surface area contributed by atoms with E-state index in [4.69, 9.17) is 10.5 Å². The van der Waals surface area contributed by atoms with Gasteiger partial charge < -0.3 is 15.8 Å². The molecule has 0 atom stereocenters. The minimum absolute atomic E-state index is 0.0952. The van der Waals surface area contributed by atoms with Crippen LogP contribution in [-0.2, 0) is 4.79 Å². The zero-order valence-corrected chi connectivity index (χ0v) is 13.2. The van der Waals surface area contributed by atoms with Gasteiger partial charge in [-0.2, -0.15) is 0 Å². The second-order valence-corrected chi connectivity index (χ2v) is 5.98. The molecule has 0 bridgehead atoms. The molecule has 2 aromatic rings. The Labute approximate surface area is 131 Å². The van der Waals surface area contributed by atoms with Crippen molar-refractivity contribution < 1.29 is 9.53 Å². The van der Waals surface area contributed by atoms with Gasteiger partial charge in [0.25, 0.3) is 0 Å². The number of nitrogens with two attached hydrogens (primary N) is 1. The lowest BCUT2D eigenvalue weighted by atomic mass is 9.92. The molecule has 2 aromatic carbocycles. The van der Waals surface area contributed by atoms with E-state index < -0.39 is 5.41 Å². The molecule has 0 unspecified atom stereocenters. The van der Waals surface area contributed by atoms with Crippen molar-refractivity contribution in [3.8, 4) is 11.5 Å². The summed E-state index contributed by atoms with van der Waals surface area (Å²) in [5, 5.41) is 2.86. The Kier molecular flexibility index (Phi) is 4.83. The molecule has 0 aliphatic rings. The number of rotatable bonds is 5. The summed E-state index contributed by atoms with van der Waals surface area (Å²) in [5.74, 6) is 1.41. The summed E-state index contributed by atoms with van der Waals surface area (Å²) in [6.45, 7) is 5.96. The second kappa shape index (κ2) is 6.62. The van der Waals surface area contributed by atoms with Crippen LogP contribution in [0.3, 0.4) is 0 Å². The van der Waals surface area contributed by atoms with Gasteiger partial charge in [-0.15, -0.1) is 0 Å². The van der Waals surface area contributed by atoms with Crippen LogP contribution in [0.25, 0.3) is 0 Å². The van der Waals surface area contributed by atoms with Gasteiger partial charge in [0.15, 0.2) is 0 Å². The monoisotopic (exact) mass is 298 g/mol. The Morgan fingerprint density at radius 2 is 1.55 bits per heavy atom. The highest BCUT2D eigenvalue weighted by Gasteiger charge is 2.25. The first-order valence-corrected chi connectivity index (χ1v) is 7.27. The van der Waals surface area contributed by atoms with Crippen molar-refractivity contribution in [2.75, 3.05) is 11.9 Å². The molecule has 0 aliphatic carbocycles. The zero-order chi connectivity index (χ0) is 16.2. The van der Waals surface area contributed by atoms with Crippen LogP contribution in [0.2, 0.25) is 0 Å². The van der Waals surface area contributed by atoms with Gasteiger partial charge in [-0.05, 0) is 57.2 Å². The SMILES string of the molecule is Cc1ccc(Oc2ccc(NC(=O)C(C)(C)CN)cc2)cc1. The predicted molar refractivity (Wildman–Crippen MR) is 89.2 cm³/mol. The Bertz CT molecular complexity index is 631. The van der Waals surface area contributed by atoms with Crippen LogP contribution in [0, 0.1) is 12.3 Å². The molecule has 0 radical (unpaired) electrons. The highest BCUT2D eigenvalue weighted by Crippen LogP contribution is 2.24. The van der Waals surface area contributed by atoms with Crippen molar-refractivity contribution in [1.82, 2.24) is 0 Å². The van der Waals surface area contributed by atoms with Gasteiger partial charge in [0.05, 0.1) is 5.41 Å². The lowest BCUT2D eigenvalue weighted by Gasteiger charge is -2.21. The number of amides is 1. The highest BCUT2D eigenvalue weighted by molar-refractivity contribution is 5.95.